The highest BCUT2D eigenvalue weighted by atomic mass is 16.3. The molecule has 0 amide bonds. The maximum atomic E-state index is 10.0. The summed E-state index contributed by atoms with van der Waals surface area (Å²) in [4.78, 5) is 3.97. The van der Waals surface area contributed by atoms with Crippen molar-refractivity contribution in [2.75, 3.05) is 0 Å². The van der Waals surface area contributed by atoms with Crippen LogP contribution in [0.1, 0.15) is 31.7 Å². The Morgan fingerprint density at radius 1 is 1.50 bits per heavy atom. The molecule has 0 spiro atoms. The van der Waals surface area contributed by atoms with Gasteiger partial charge in [-0.1, -0.05) is 13.3 Å². The van der Waals surface area contributed by atoms with Gasteiger partial charge in [-0.15, -0.1) is 0 Å². The predicted octanol–water partition coefficient (Wildman–Crippen LogP) is 2.18. The van der Waals surface area contributed by atoms with Gasteiger partial charge in [0, 0.05) is 12.4 Å². The lowest BCUT2D eigenvalue weighted by Crippen LogP contribution is -2.12. The van der Waals surface area contributed by atoms with Gasteiger partial charge in [0.05, 0.1) is 5.60 Å². The SMILES string of the molecule is CCC1CC1(O)CCc1ccncc1. The van der Waals surface area contributed by atoms with Crippen molar-refractivity contribution in [2.24, 2.45) is 5.92 Å². The first-order valence-corrected chi connectivity index (χ1v) is 5.36. The van der Waals surface area contributed by atoms with Crippen LogP contribution in [0.3, 0.4) is 0 Å². The van der Waals surface area contributed by atoms with E-state index in [1.54, 1.807) is 0 Å². The second-order valence-electron chi connectivity index (χ2n) is 4.27. The summed E-state index contributed by atoms with van der Waals surface area (Å²) in [5.74, 6) is 0.546. The Labute approximate surface area is 85.0 Å². The minimum Gasteiger partial charge on any atom is -0.390 e. The lowest BCUT2D eigenvalue weighted by molar-refractivity contribution is 0.120. The van der Waals surface area contributed by atoms with Gasteiger partial charge in [-0.3, -0.25) is 4.98 Å². The molecule has 76 valence electrons. The minimum absolute atomic E-state index is 0.349. The Balaban J connectivity index is 1.84. The maximum Gasteiger partial charge on any atom is 0.0683 e. The smallest absolute Gasteiger partial charge is 0.0683 e. The fraction of sp³-hybridized carbons (Fsp3) is 0.583. The molecule has 1 N–H and O–H groups in total. The van der Waals surface area contributed by atoms with Gasteiger partial charge in [-0.05, 0) is 42.9 Å². The zero-order valence-electron chi connectivity index (χ0n) is 8.61. The van der Waals surface area contributed by atoms with Crippen LogP contribution in [0.5, 0.6) is 0 Å². The van der Waals surface area contributed by atoms with Gasteiger partial charge in [0.2, 0.25) is 0 Å². The van der Waals surface area contributed by atoms with E-state index < -0.39 is 0 Å². The second kappa shape index (κ2) is 3.70. The molecule has 1 aromatic heterocycles. The number of pyridine rings is 1. The molecule has 1 fully saturated rings. The van der Waals surface area contributed by atoms with E-state index in [1.807, 2.05) is 24.5 Å². The molecule has 0 aromatic carbocycles. The van der Waals surface area contributed by atoms with Crippen LogP contribution >= 0.6 is 0 Å². The van der Waals surface area contributed by atoms with E-state index in [0.29, 0.717) is 5.92 Å². The lowest BCUT2D eigenvalue weighted by atomic mass is 10.0. The van der Waals surface area contributed by atoms with E-state index in [4.69, 9.17) is 0 Å². The van der Waals surface area contributed by atoms with Crippen LogP contribution in [0.15, 0.2) is 24.5 Å². The zero-order chi connectivity index (χ0) is 10.0. The minimum atomic E-state index is -0.349. The number of nitrogens with zero attached hydrogens (tertiary/aromatic N) is 1. The summed E-state index contributed by atoms with van der Waals surface area (Å²) >= 11 is 0. The maximum absolute atomic E-state index is 10.0. The van der Waals surface area contributed by atoms with E-state index in [9.17, 15) is 5.11 Å². The first kappa shape index (κ1) is 9.66. The Morgan fingerprint density at radius 2 is 2.21 bits per heavy atom. The molecular weight excluding hydrogens is 174 g/mol. The van der Waals surface area contributed by atoms with E-state index in [1.165, 1.54) is 5.56 Å². The van der Waals surface area contributed by atoms with Crippen LogP contribution in [0.4, 0.5) is 0 Å². The standard InChI is InChI=1S/C12H17NO/c1-2-11-9-12(11,14)6-3-10-4-7-13-8-5-10/h4-5,7-8,11,14H,2-3,6,9H2,1H3. The number of aliphatic hydroxyl groups is 1. The van der Waals surface area contributed by atoms with E-state index in [2.05, 4.69) is 11.9 Å². The summed E-state index contributed by atoms with van der Waals surface area (Å²) in [5.41, 5.74) is 0.924. The molecule has 0 radical (unpaired) electrons. The highest BCUT2D eigenvalue weighted by molar-refractivity contribution is 5.12. The van der Waals surface area contributed by atoms with Crippen LogP contribution in [0, 0.1) is 5.92 Å². The van der Waals surface area contributed by atoms with E-state index in [-0.39, 0.29) is 5.60 Å². The van der Waals surface area contributed by atoms with Crippen LogP contribution in [-0.2, 0) is 6.42 Å². The first-order chi connectivity index (χ1) is 6.74. The molecule has 1 aromatic rings. The third-order valence-electron chi connectivity index (χ3n) is 3.29. The third kappa shape index (κ3) is 1.95. The Morgan fingerprint density at radius 3 is 2.79 bits per heavy atom. The van der Waals surface area contributed by atoms with Crippen molar-refractivity contribution in [1.29, 1.82) is 0 Å². The topological polar surface area (TPSA) is 33.1 Å². The fourth-order valence-corrected chi connectivity index (χ4v) is 2.11. The first-order valence-electron chi connectivity index (χ1n) is 5.36. The molecular formula is C12H17NO. The average Bonchev–Trinajstić information content (AvgIpc) is 2.89. The molecule has 1 saturated carbocycles. The summed E-state index contributed by atoms with van der Waals surface area (Å²) in [6, 6.07) is 4.04. The number of hydrogen-bond acceptors (Lipinski definition) is 2. The Bertz CT molecular complexity index is 298. The number of hydrogen-bond donors (Lipinski definition) is 1. The van der Waals surface area contributed by atoms with Crippen molar-refractivity contribution < 1.29 is 5.11 Å². The molecule has 0 saturated heterocycles. The monoisotopic (exact) mass is 191 g/mol. The van der Waals surface area contributed by atoms with Crippen molar-refractivity contribution in [3.8, 4) is 0 Å². The van der Waals surface area contributed by atoms with Crippen LogP contribution < -0.4 is 0 Å². The second-order valence-corrected chi connectivity index (χ2v) is 4.27. The molecule has 0 aliphatic heterocycles. The molecule has 2 atom stereocenters. The Kier molecular flexibility index (Phi) is 2.55. The predicted molar refractivity (Wildman–Crippen MR) is 55.9 cm³/mol. The number of aromatic nitrogens is 1. The molecule has 1 aliphatic carbocycles. The average molecular weight is 191 g/mol. The molecule has 14 heavy (non-hydrogen) atoms. The van der Waals surface area contributed by atoms with Crippen LogP contribution in [0.2, 0.25) is 0 Å². The number of aryl methyl sites for hydroxylation is 1. The molecule has 1 heterocycles. The van der Waals surface area contributed by atoms with Crippen molar-refractivity contribution in [2.45, 2.75) is 38.2 Å². The lowest BCUT2D eigenvalue weighted by Gasteiger charge is -2.09. The molecule has 0 bridgehead atoms. The fourth-order valence-electron chi connectivity index (χ4n) is 2.11. The zero-order valence-corrected chi connectivity index (χ0v) is 8.61. The Hall–Kier alpha value is -0.890. The van der Waals surface area contributed by atoms with Gasteiger partial charge >= 0.3 is 0 Å². The van der Waals surface area contributed by atoms with Gasteiger partial charge in [0.25, 0.3) is 0 Å². The largest absolute Gasteiger partial charge is 0.390 e. The van der Waals surface area contributed by atoms with E-state index in [0.717, 1.165) is 25.7 Å². The van der Waals surface area contributed by atoms with Gasteiger partial charge in [0.15, 0.2) is 0 Å². The third-order valence-corrected chi connectivity index (χ3v) is 3.29. The molecule has 2 nitrogen and oxygen atoms in total. The number of rotatable bonds is 4. The highest BCUT2D eigenvalue weighted by Crippen LogP contribution is 2.48. The van der Waals surface area contributed by atoms with Gasteiger partial charge in [-0.25, -0.2) is 0 Å². The van der Waals surface area contributed by atoms with E-state index >= 15 is 0 Å². The van der Waals surface area contributed by atoms with Gasteiger partial charge in [0.1, 0.15) is 0 Å². The van der Waals surface area contributed by atoms with Crippen LogP contribution in [-0.4, -0.2) is 15.7 Å². The molecule has 2 unspecified atom stereocenters. The van der Waals surface area contributed by atoms with Crippen molar-refractivity contribution >= 4 is 0 Å². The quantitative estimate of drug-likeness (QED) is 0.791. The highest BCUT2D eigenvalue weighted by Gasteiger charge is 2.50. The van der Waals surface area contributed by atoms with Crippen molar-refractivity contribution in [1.82, 2.24) is 4.98 Å². The van der Waals surface area contributed by atoms with Crippen molar-refractivity contribution in [3.63, 3.8) is 0 Å². The summed E-state index contributed by atoms with van der Waals surface area (Å²) < 4.78 is 0. The van der Waals surface area contributed by atoms with Gasteiger partial charge in [-0.2, -0.15) is 0 Å². The summed E-state index contributed by atoms with van der Waals surface area (Å²) in [6.07, 6.45) is 7.58. The van der Waals surface area contributed by atoms with Crippen molar-refractivity contribution in [3.05, 3.63) is 30.1 Å². The van der Waals surface area contributed by atoms with Crippen LogP contribution in [0.25, 0.3) is 0 Å². The van der Waals surface area contributed by atoms with Gasteiger partial charge < -0.3 is 5.11 Å². The molecule has 2 rings (SSSR count). The normalized spacial score (nSPS) is 30.3. The summed E-state index contributed by atoms with van der Waals surface area (Å²) in [6.45, 7) is 2.15. The molecule has 1 aliphatic rings. The summed E-state index contributed by atoms with van der Waals surface area (Å²) in [5, 5.41) is 10.0. The summed E-state index contributed by atoms with van der Waals surface area (Å²) in [7, 11) is 0. The molecule has 2 heteroatoms.